The second-order valence-electron chi connectivity index (χ2n) is 3.78. The molecule has 0 aliphatic carbocycles. The predicted molar refractivity (Wildman–Crippen MR) is 61.2 cm³/mol. The van der Waals surface area contributed by atoms with Crippen molar-refractivity contribution in [3.8, 4) is 5.75 Å². The van der Waals surface area contributed by atoms with Crippen molar-refractivity contribution < 1.29 is 9.53 Å². The Morgan fingerprint density at radius 2 is 2.07 bits per heavy atom. The van der Waals surface area contributed by atoms with E-state index in [0.717, 1.165) is 17.0 Å². The number of hydrogen-bond donors (Lipinski definition) is 1. The minimum Gasteiger partial charge on any atom is -0.491 e. The van der Waals surface area contributed by atoms with Crippen molar-refractivity contribution in [3.05, 3.63) is 23.8 Å². The Bertz CT molecular complexity index is 359. The summed E-state index contributed by atoms with van der Waals surface area (Å²) in [6, 6.07) is 5.64. The molecule has 1 aromatic rings. The molecule has 0 saturated carbocycles. The molecule has 1 amide bonds. The van der Waals surface area contributed by atoms with Crippen LogP contribution in [0.5, 0.6) is 5.75 Å². The molecule has 82 valence electrons. The number of carbonyl (C=O) groups excluding carboxylic acids is 1. The Morgan fingerprint density at radius 3 is 2.60 bits per heavy atom. The molecule has 0 atom stereocenters. The molecule has 0 bridgehead atoms. The molecule has 0 radical (unpaired) electrons. The fraction of sp³-hybridized carbons (Fsp3) is 0.417. The van der Waals surface area contributed by atoms with Gasteiger partial charge in [0.25, 0.3) is 0 Å². The summed E-state index contributed by atoms with van der Waals surface area (Å²) >= 11 is 0. The molecule has 1 rings (SSSR count). The molecule has 0 unspecified atom stereocenters. The zero-order chi connectivity index (χ0) is 11.4. The molecular weight excluding hydrogens is 190 g/mol. The van der Waals surface area contributed by atoms with Crippen LogP contribution < -0.4 is 10.1 Å². The van der Waals surface area contributed by atoms with Gasteiger partial charge in [-0.25, -0.2) is 0 Å². The van der Waals surface area contributed by atoms with Crippen LogP contribution in [0.4, 0.5) is 5.69 Å². The summed E-state index contributed by atoms with van der Waals surface area (Å²) in [7, 11) is 0. The first-order chi connectivity index (χ1) is 7.00. The van der Waals surface area contributed by atoms with Crippen molar-refractivity contribution in [3.63, 3.8) is 0 Å². The van der Waals surface area contributed by atoms with Crippen LogP contribution in [0.15, 0.2) is 18.2 Å². The first-order valence-corrected chi connectivity index (χ1v) is 5.04. The molecule has 0 aromatic heterocycles. The smallest absolute Gasteiger partial charge is 0.221 e. The molecule has 1 N–H and O–H groups in total. The third-order valence-electron chi connectivity index (χ3n) is 1.96. The Balaban J connectivity index is 2.95. The van der Waals surface area contributed by atoms with Crippen LogP contribution in [0.25, 0.3) is 0 Å². The third-order valence-corrected chi connectivity index (χ3v) is 1.96. The Hall–Kier alpha value is -1.51. The van der Waals surface area contributed by atoms with Gasteiger partial charge in [0.05, 0.1) is 6.10 Å². The van der Waals surface area contributed by atoms with Gasteiger partial charge in [0, 0.05) is 18.2 Å². The lowest BCUT2D eigenvalue weighted by atomic mass is 10.1. The molecule has 1 aromatic carbocycles. The number of rotatable bonds is 3. The van der Waals surface area contributed by atoms with Gasteiger partial charge < -0.3 is 10.1 Å². The average molecular weight is 207 g/mol. The highest BCUT2D eigenvalue weighted by atomic mass is 16.5. The van der Waals surface area contributed by atoms with Crippen LogP contribution in [0.2, 0.25) is 0 Å². The maximum absolute atomic E-state index is 10.9. The number of carbonyl (C=O) groups is 1. The molecule has 3 heteroatoms. The van der Waals surface area contributed by atoms with Crippen LogP contribution in [0, 0.1) is 6.92 Å². The SMILES string of the molecule is CC(=O)Nc1cccc(OC(C)C)c1C. The monoisotopic (exact) mass is 207 g/mol. The van der Waals surface area contributed by atoms with Crippen molar-refractivity contribution in [2.75, 3.05) is 5.32 Å². The van der Waals surface area contributed by atoms with E-state index in [2.05, 4.69) is 5.32 Å². The van der Waals surface area contributed by atoms with E-state index in [-0.39, 0.29) is 12.0 Å². The maximum Gasteiger partial charge on any atom is 0.221 e. The van der Waals surface area contributed by atoms with Gasteiger partial charge >= 0.3 is 0 Å². The molecular formula is C12H17NO2. The Morgan fingerprint density at radius 1 is 1.40 bits per heavy atom. The first-order valence-electron chi connectivity index (χ1n) is 5.04. The van der Waals surface area contributed by atoms with E-state index >= 15 is 0 Å². The van der Waals surface area contributed by atoms with E-state index in [0.29, 0.717) is 0 Å². The highest BCUT2D eigenvalue weighted by molar-refractivity contribution is 5.89. The number of ether oxygens (including phenoxy) is 1. The predicted octanol–water partition coefficient (Wildman–Crippen LogP) is 2.74. The summed E-state index contributed by atoms with van der Waals surface area (Å²) < 4.78 is 5.62. The molecule has 0 aliphatic heterocycles. The van der Waals surface area contributed by atoms with Crippen LogP contribution in [-0.2, 0) is 4.79 Å². The molecule has 0 heterocycles. The topological polar surface area (TPSA) is 38.3 Å². The van der Waals surface area contributed by atoms with Gasteiger partial charge in [0.15, 0.2) is 0 Å². The zero-order valence-corrected chi connectivity index (χ0v) is 9.63. The van der Waals surface area contributed by atoms with Crippen molar-refractivity contribution >= 4 is 11.6 Å². The lowest BCUT2D eigenvalue weighted by Crippen LogP contribution is -2.10. The fourth-order valence-electron chi connectivity index (χ4n) is 1.32. The van der Waals surface area contributed by atoms with E-state index < -0.39 is 0 Å². The van der Waals surface area contributed by atoms with E-state index in [9.17, 15) is 4.79 Å². The van der Waals surface area contributed by atoms with Crippen molar-refractivity contribution in [1.29, 1.82) is 0 Å². The van der Waals surface area contributed by atoms with Gasteiger partial charge in [-0.3, -0.25) is 4.79 Å². The quantitative estimate of drug-likeness (QED) is 0.827. The van der Waals surface area contributed by atoms with Gasteiger partial charge in [-0.15, -0.1) is 0 Å². The number of anilines is 1. The number of benzene rings is 1. The normalized spacial score (nSPS) is 10.2. The molecule has 0 aliphatic rings. The van der Waals surface area contributed by atoms with Crippen LogP contribution in [0.3, 0.4) is 0 Å². The van der Waals surface area contributed by atoms with Gasteiger partial charge in [-0.1, -0.05) is 6.07 Å². The second kappa shape index (κ2) is 4.82. The molecule has 0 saturated heterocycles. The van der Waals surface area contributed by atoms with Gasteiger partial charge in [0.1, 0.15) is 5.75 Å². The van der Waals surface area contributed by atoms with E-state index in [4.69, 9.17) is 4.74 Å². The maximum atomic E-state index is 10.9. The Kier molecular flexibility index (Phi) is 3.72. The van der Waals surface area contributed by atoms with Gasteiger partial charge in [-0.2, -0.15) is 0 Å². The Labute approximate surface area is 90.4 Å². The van der Waals surface area contributed by atoms with Crippen LogP contribution in [-0.4, -0.2) is 12.0 Å². The van der Waals surface area contributed by atoms with Crippen LogP contribution in [0.1, 0.15) is 26.3 Å². The van der Waals surface area contributed by atoms with Crippen molar-refractivity contribution in [2.45, 2.75) is 33.8 Å². The van der Waals surface area contributed by atoms with Crippen molar-refractivity contribution in [2.24, 2.45) is 0 Å². The average Bonchev–Trinajstić information content (AvgIpc) is 2.10. The van der Waals surface area contributed by atoms with E-state index in [1.165, 1.54) is 6.92 Å². The van der Waals surface area contributed by atoms with Crippen LogP contribution >= 0.6 is 0 Å². The molecule has 0 spiro atoms. The summed E-state index contributed by atoms with van der Waals surface area (Å²) in [5, 5.41) is 2.77. The molecule has 15 heavy (non-hydrogen) atoms. The van der Waals surface area contributed by atoms with E-state index in [1.807, 2.05) is 39.0 Å². The summed E-state index contributed by atoms with van der Waals surface area (Å²) in [5.41, 5.74) is 1.77. The molecule has 0 fully saturated rings. The number of nitrogens with one attached hydrogen (secondary N) is 1. The number of amides is 1. The highest BCUT2D eigenvalue weighted by Crippen LogP contribution is 2.26. The lowest BCUT2D eigenvalue weighted by molar-refractivity contribution is -0.114. The third kappa shape index (κ3) is 3.27. The lowest BCUT2D eigenvalue weighted by Gasteiger charge is -2.15. The van der Waals surface area contributed by atoms with E-state index in [1.54, 1.807) is 0 Å². The standard InChI is InChI=1S/C12H17NO2/c1-8(2)15-12-7-5-6-11(9(12)3)13-10(4)14/h5-8H,1-4H3,(H,13,14). The second-order valence-corrected chi connectivity index (χ2v) is 3.78. The van der Waals surface area contributed by atoms with Gasteiger partial charge in [0.2, 0.25) is 5.91 Å². The summed E-state index contributed by atoms with van der Waals surface area (Å²) in [6.07, 6.45) is 0.135. The largest absolute Gasteiger partial charge is 0.491 e. The first kappa shape index (κ1) is 11.6. The fourth-order valence-corrected chi connectivity index (χ4v) is 1.32. The summed E-state index contributed by atoms with van der Waals surface area (Å²) in [6.45, 7) is 7.38. The minimum atomic E-state index is -0.0696. The summed E-state index contributed by atoms with van der Waals surface area (Å²) in [4.78, 5) is 10.9. The minimum absolute atomic E-state index is 0.0696. The summed E-state index contributed by atoms with van der Waals surface area (Å²) in [5.74, 6) is 0.746. The molecule has 3 nitrogen and oxygen atoms in total. The van der Waals surface area contributed by atoms with Crippen molar-refractivity contribution in [1.82, 2.24) is 0 Å². The zero-order valence-electron chi connectivity index (χ0n) is 9.63. The number of hydrogen-bond acceptors (Lipinski definition) is 2. The highest BCUT2D eigenvalue weighted by Gasteiger charge is 2.06. The van der Waals surface area contributed by atoms with Gasteiger partial charge in [-0.05, 0) is 32.9 Å².